The zero-order valence-electron chi connectivity index (χ0n) is 7.90. The lowest BCUT2D eigenvalue weighted by molar-refractivity contribution is -0.127. The molecule has 4 heteroatoms. The van der Waals surface area contributed by atoms with E-state index in [-0.39, 0.29) is 11.8 Å². The second kappa shape index (κ2) is 4.05. The molecule has 1 saturated heterocycles. The van der Waals surface area contributed by atoms with Gasteiger partial charge in [0.05, 0.1) is 6.04 Å². The molecule has 2 rings (SSSR count). The van der Waals surface area contributed by atoms with Crippen LogP contribution in [0.25, 0.3) is 0 Å². The van der Waals surface area contributed by atoms with Crippen LogP contribution in [0.1, 0.15) is 12.5 Å². The Kier molecular flexibility index (Phi) is 2.77. The molecule has 76 valence electrons. The molecule has 1 aliphatic rings. The fourth-order valence-corrected chi connectivity index (χ4v) is 2.06. The third-order valence-corrected chi connectivity index (χ3v) is 2.91. The monoisotopic (exact) mass is 212 g/mol. The lowest BCUT2D eigenvalue weighted by atomic mass is 10.3. The van der Waals surface area contributed by atoms with Gasteiger partial charge >= 0.3 is 0 Å². The zero-order valence-corrected chi connectivity index (χ0v) is 8.65. The number of aromatic nitrogens is 1. The Balaban J connectivity index is 1.98. The number of hydrogen-bond acceptors (Lipinski definition) is 1. The summed E-state index contributed by atoms with van der Waals surface area (Å²) in [5.41, 5.74) is 0. The Hall–Kier alpha value is -0.960. The van der Waals surface area contributed by atoms with Crippen molar-refractivity contribution in [1.82, 2.24) is 9.47 Å². The van der Waals surface area contributed by atoms with Crippen molar-refractivity contribution in [2.75, 3.05) is 19.0 Å². The van der Waals surface area contributed by atoms with E-state index in [9.17, 15) is 4.79 Å². The largest absolute Gasteiger partial charge is 0.349 e. The average Bonchev–Trinajstić information content (AvgIpc) is 2.86. The minimum absolute atomic E-state index is 0.0429. The predicted molar refractivity (Wildman–Crippen MR) is 55.4 cm³/mol. The summed E-state index contributed by atoms with van der Waals surface area (Å²) in [5, 5.41) is 0. The van der Waals surface area contributed by atoms with Crippen molar-refractivity contribution in [3.05, 3.63) is 24.5 Å². The van der Waals surface area contributed by atoms with Crippen molar-refractivity contribution in [3.63, 3.8) is 0 Å². The molecule has 1 fully saturated rings. The molecule has 1 aromatic rings. The van der Waals surface area contributed by atoms with Crippen LogP contribution in [0.15, 0.2) is 24.5 Å². The summed E-state index contributed by atoms with van der Waals surface area (Å²) in [6.07, 6.45) is 5.11. The van der Waals surface area contributed by atoms with Crippen LogP contribution in [-0.2, 0) is 4.79 Å². The quantitative estimate of drug-likeness (QED) is 0.683. The van der Waals surface area contributed by atoms with Gasteiger partial charge in [0, 0.05) is 25.5 Å². The van der Waals surface area contributed by atoms with E-state index in [0.717, 1.165) is 19.5 Å². The summed E-state index contributed by atoms with van der Waals surface area (Å²) in [4.78, 5) is 13.1. The van der Waals surface area contributed by atoms with Gasteiger partial charge in [-0.15, -0.1) is 11.6 Å². The highest BCUT2D eigenvalue weighted by molar-refractivity contribution is 6.27. The number of alkyl halides is 1. The zero-order chi connectivity index (χ0) is 9.97. The maximum absolute atomic E-state index is 11.3. The Labute approximate surface area is 88.3 Å². The summed E-state index contributed by atoms with van der Waals surface area (Å²) >= 11 is 5.51. The average molecular weight is 213 g/mol. The van der Waals surface area contributed by atoms with Gasteiger partial charge in [0.1, 0.15) is 5.88 Å². The summed E-state index contributed by atoms with van der Waals surface area (Å²) in [7, 11) is 0. The Bertz CT molecular complexity index is 310. The summed E-state index contributed by atoms with van der Waals surface area (Å²) in [6.45, 7) is 1.62. The fourth-order valence-electron chi connectivity index (χ4n) is 1.89. The first-order valence-electron chi connectivity index (χ1n) is 4.77. The number of halogens is 1. The second-order valence-corrected chi connectivity index (χ2v) is 3.81. The summed E-state index contributed by atoms with van der Waals surface area (Å²) < 4.78 is 2.15. The molecule has 1 amide bonds. The van der Waals surface area contributed by atoms with Crippen molar-refractivity contribution in [3.8, 4) is 0 Å². The second-order valence-electron chi connectivity index (χ2n) is 3.55. The van der Waals surface area contributed by atoms with E-state index in [4.69, 9.17) is 11.6 Å². The van der Waals surface area contributed by atoms with E-state index >= 15 is 0 Å². The van der Waals surface area contributed by atoms with Crippen LogP contribution in [-0.4, -0.2) is 34.3 Å². The van der Waals surface area contributed by atoms with Gasteiger partial charge in [0.15, 0.2) is 0 Å². The molecule has 0 aromatic carbocycles. The van der Waals surface area contributed by atoms with E-state index in [2.05, 4.69) is 4.57 Å². The fraction of sp³-hybridized carbons (Fsp3) is 0.500. The molecule has 0 aliphatic carbocycles. The van der Waals surface area contributed by atoms with Gasteiger partial charge in [-0.05, 0) is 18.6 Å². The molecule has 1 aliphatic heterocycles. The van der Waals surface area contributed by atoms with Gasteiger partial charge in [-0.2, -0.15) is 0 Å². The van der Waals surface area contributed by atoms with Crippen LogP contribution in [0.3, 0.4) is 0 Å². The first-order valence-corrected chi connectivity index (χ1v) is 5.31. The maximum atomic E-state index is 11.3. The molecule has 0 saturated carbocycles. The highest BCUT2D eigenvalue weighted by atomic mass is 35.5. The number of nitrogens with zero attached hydrogens (tertiary/aromatic N) is 2. The van der Waals surface area contributed by atoms with Crippen LogP contribution in [0.2, 0.25) is 0 Å². The summed E-state index contributed by atoms with van der Waals surface area (Å²) in [5.74, 6) is 0.139. The third kappa shape index (κ3) is 1.77. The van der Waals surface area contributed by atoms with E-state index in [1.165, 1.54) is 0 Å². The first kappa shape index (κ1) is 9.59. The standard InChI is InChI=1S/C10H13ClN2O/c11-7-10(14)13-6-3-9(8-13)12-4-1-2-5-12/h1-2,4-5,9H,3,6-8H2. The molecule has 2 heterocycles. The lowest BCUT2D eigenvalue weighted by Gasteiger charge is -2.15. The number of carbonyl (C=O) groups excluding carboxylic acids is 1. The molecule has 0 radical (unpaired) electrons. The van der Waals surface area contributed by atoms with E-state index in [0.29, 0.717) is 6.04 Å². The minimum Gasteiger partial charge on any atom is -0.349 e. The van der Waals surface area contributed by atoms with Gasteiger partial charge in [0.25, 0.3) is 0 Å². The molecule has 1 aromatic heterocycles. The molecule has 3 nitrogen and oxygen atoms in total. The first-order chi connectivity index (χ1) is 6.81. The minimum atomic E-state index is 0.0429. The Morgan fingerprint density at radius 1 is 1.43 bits per heavy atom. The number of likely N-dealkylation sites (tertiary alicyclic amines) is 1. The number of amides is 1. The van der Waals surface area contributed by atoms with Crippen LogP contribution in [0, 0.1) is 0 Å². The molecule has 0 N–H and O–H groups in total. The SMILES string of the molecule is O=C(CCl)N1CCC(n2cccc2)C1. The van der Waals surface area contributed by atoms with Crippen molar-refractivity contribution >= 4 is 17.5 Å². The molecule has 14 heavy (non-hydrogen) atoms. The third-order valence-electron chi connectivity index (χ3n) is 2.68. The van der Waals surface area contributed by atoms with Crippen molar-refractivity contribution in [2.24, 2.45) is 0 Å². The number of rotatable bonds is 2. The van der Waals surface area contributed by atoms with E-state index < -0.39 is 0 Å². The van der Waals surface area contributed by atoms with Crippen molar-refractivity contribution in [1.29, 1.82) is 0 Å². The number of carbonyl (C=O) groups is 1. The maximum Gasteiger partial charge on any atom is 0.237 e. The van der Waals surface area contributed by atoms with Crippen LogP contribution in [0.5, 0.6) is 0 Å². The highest BCUT2D eigenvalue weighted by Gasteiger charge is 2.25. The van der Waals surface area contributed by atoms with Crippen LogP contribution in [0.4, 0.5) is 0 Å². The van der Waals surface area contributed by atoms with Gasteiger partial charge in [-0.3, -0.25) is 4.79 Å². The van der Waals surface area contributed by atoms with E-state index in [1.54, 1.807) is 0 Å². The lowest BCUT2D eigenvalue weighted by Crippen LogP contribution is -2.29. The molecular weight excluding hydrogens is 200 g/mol. The molecular formula is C10H13ClN2O. The van der Waals surface area contributed by atoms with Crippen molar-refractivity contribution in [2.45, 2.75) is 12.5 Å². The molecule has 1 atom stereocenters. The van der Waals surface area contributed by atoms with Crippen LogP contribution < -0.4 is 0 Å². The molecule has 0 bridgehead atoms. The summed E-state index contributed by atoms with van der Waals surface area (Å²) in [6, 6.07) is 4.44. The van der Waals surface area contributed by atoms with Gasteiger partial charge in [0.2, 0.25) is 5.91 Å². The Morgan fingerprint density at radius 3 is 2.79 bits per heavy atom. The van der Waals surface area contributed by atoms with Gasteiger partial charge in [-0.1, -0.05) is 0 Å². The van der Waals surface area contributed by atoms with E-state index in [1.807, 2.05) is 29.4 Å². The Morgan fingerprint density at radius 2 is 2.14 bits per heavy atom. The highest BCUT2D eigenvalue weighted by Crippen LogP contribution is 2.21. The van der Waals surface area contributed by atoms with Gasteiger partial charge < -0.3 is 9.47 Å². The predicted octanol–water partition coefficient (Wildman–Crippen LogP) is 1.50. The molecule has 0 spiro atoms. The van der Waals surface area contributed by atoms with Gasteiger partial charge in [-0.25, -0.2) is 0 Å². The number of hydrogen-bond donors (Lipinski definition) is 0. The molecule has 1 unspecified atom stereocenters. The van der Waals surface area contributed by atoms with Crippen molar-refractivity contribution < 1.29 is 4.79 Å². The van der Waals surface area contributed by atoms with Crippen LogP contribution >= 0.6 is 11.6 Å². The topological polar surface area (TPSA) is 25.2 Å². The normalized spacial score (nSPS) is 21.5. The smallest absolute Gasteiger partial charge is 0.237 e.